The molecule has 1 heterocycles. The second kappa shape index (κ2) is 8.81. The summed E-state index contributed by atoms with van der Waals surface area (Å²) in [5.74, 6) is -3.10. The molecule has 0 aliphatic rings. The number of nitrogens with zero attached hydrogens (tertiary/aromatic N) is 3. The van der Waals surface area contributed by atoms with Gasteiger partial charge < -0.3 is 10.4 Å². The lowest BCUT2D eigenvalue weighted by molar-refractivity contribution is -0.146. The van der Waals surface area contributed by atoms with Gasteiger partial charge in [-0.25, -0.2) is 0 Å². The number of hydrogen-bond acceptors (Lipinski definition) is 5. The van der Waals surface area contributed by atoms with Crippen LogP contribution in [0.4, 0.5) is 13.2 Å². The summed E-state index contributed by atoms with van der Waals surface area (Å²) in [5.41, 5.74) is 1.22. The number of amides is 1. The number of fused-ring (bicyclic) bond motifs is 1. The Kier molecular flexibility index (Phi) is 6.49. The largest absolute Gasteiger partial charge is 0.480 e. The average molecular weight is 466 g/mol. The summed E-state index contributed by atoms with van der Waals surface area (Å²) >= 11 is 0.767. The highest BCUT2D eigenvalue weighted by atomic mass is 32.2. The van der Waals surface area contributed by atoms with Gasteiger partial charge in [0.2, 0.25) is 11.7 Å². The smallest absolute Gasteiger partial charge is 0.452 e. The molecule has 2 aromatic carbocycles. The molecule has 0 unspecified atom stereocenters. The van der Waals surface area contributed by atoms with Gasteiger partial charge in [-0.3, -0.25) is 14.2 Å². The van der Waals surface area contributed by atoms with E-state index in [0.717, 1.165) is 27.3 Å². The van der Waals surface area contributed by atoms with Crippen LogP contribution in [0.2, 0.25) is 0 Å². The summed E-state index contributed by atoms with van der Waals surface area (Å²) in [7, 11) is 0. The second-order valence-electron chi connectivity index (χ2n) is 7.47. The Morgan fingerprint density at radius 2 is 1.75 bits per heavy atom. The van der Waals surface area contributed by atoms with Crippen molar-refractivity contribution in [1.29, 1.82) is 0 Å². The van der Waals surface area contributed by atoms with Gasteiger partial charge in [-0.15, -0.1) is 10.2 Å². The second-order valence-corrected chi connectivity index (χ2v) is 9.06. The Morgan fingerprint density at radius 1 is 1.09 bits per heavy atom. The molecule has 0 radical (unpaired) electrons. The maximum Gasteiger partial charge on any atom is 0.452 e. The highest BCUT2D eigenvalue weighted by Crippen LogP contribution is 2.39. The first-order chi connectivity index (χ1) is 15.0. The van der Waals surface area contributed by atoms with Crippen LogP contribution in [0.5, 0.6) is 0 Å². The number of aliphatic carboxylic acids is 1. The molecule has 0 saturated heterocycles. The Morgan fingerprint density at radius 3 is 2.34 bits per heavy atom. The molecule has 2 N–H and O–H groups in total. The van der Waals surface area contributed by atoms with Crippen molar-refractivity contribution < 1.29 is 27.9 Å². The third-order valence-corrected chi connectivity index (χ3v) is 5.94. The van der Waals surface area contributed by atoms with E-state index in [1.165, 1.54) is 13.8 Å². The van der Waals surface area contributed by atoms with E-state index in [9.17, 15) is 22.8 Å². The molecule has 1 amide bonds. The van der Waals surface area contributed by atoms with Crippen molar-refractivity contribution in [3.05, 3.63) is 47.8 Å². The zero-order valence-corrected chi connectivity index (χ0v) is 18.3. The van der Waals surface area contributed by atoms with Gasteiger partial charge in [0, 0.05) is 5.39 Å². The Balaban J connectivity index is 2.15. The number of thioether (sulfide) groups is 1. The van der Waals surface area contributed by atoms with Crippen LogP contribution < -0.4 is 5.32 Å². The van der Waals surface area contributed by atoms with E-state index in [4.69, 9.17) is 5.11 Å². The number of nitrogens with one attached hydrogen (secondary N) is 1. The van der Waals surface area contributed by atoms with Gasteiger partial charge in [0.15, 0.2) is 5.16 Å². The van der Waals surface area contributed by atoms with Gasteiger partial charge in [-0.2, -0.15) is 13.2 Å². The number of alkyl halides is 3. The van der Waals surface area contributed by atoms with Gasteiger partial charge in [0.25, 0.3) is 0 Å². The third kappa shape index (κ3) is 4.72. The number of carboxylic acid groups (broad SMARTS) is 1. The first-order valence-corrected chi connectivity index (χ1v) is 10.5. The fourth-order valence-corrected chi connectivity index (χ4v) is 4.21. The number of rotatable bonds is 7. The zero-order valence-electron chi connectivity index (χ0n) is 17.5. The molecule has 0 atom stereocenters. The van der Waals surface area contributed by atoms with Crippen LogP contribution in [-0.4, -0.2) is 43.0 Å². The number of halogens is 3. The van der Waals surface area contributed by atoms with Crippen LogP contribution in [-0.2, 0) is 22.2 Å². The van der Waals surface area contributed by atoms with E-state index in [0.29, 0.717) is 11.8 Å². The van der Waals surface area contributed by atoms with Crippen molar-refractivity contribution in [2.75, 3.05) is 6.54 Å². The molecule has 7 nitrogen and oxygen atoms in total. The molecule has 11 heteroatoms. The molecular weight excluding hydrogens is 445 g/mol. The maximum absolute atomic E-state index is 13.8. The number of aromatic nitrogens is 3. The Bertz CT molecular complexity index is 1170. The van der Waals surface area contributed by atoms with Crippen LogP contribution in [0.25, 0.3) is 16.5 Å². The normalized spacial score (nSPS) is 12.2. The lowest BCUT2D eigenvalue weighted by atomic mass is 10.0. The highest BCUT2D eigenvalue weighted by Gasteiger charge is 2.41. The van der Waals surface area contributed by atoms with Gasteiger partial charge >= 0.3 is 12.1 Å². The molecule has 0 bridgehead atoms. The molecule has 0 aliphatic carbocycles. The minimum atomic E-state index is -4.79. The summed E-state index contributed by atoms with van der Waals surface area (Å²) in [4.78, 5) is 23.2. The van der Waals surface area contributed by atoms with E-state index >= 15 is 0 Å². The Labute approximate surface area is 186 Å². The van der Waals surface area contributed by atoms with Crippen LogP contribution >= 0.6 is 11.8 Å². The standard InChI is InChI=1S/C21H21F3N4O3S/c1-4-12-9-10-15(14-8-6-5-7-13(12)14)28-17(21(22,23)24)26-27-19(28)32-20(2,3)18(31)25-11-16(29)30/h5-10H,4,11H2,1-3H3,(H,25,31)(H,29,30). The number of hydrogen-bond donors (Lipinski definition) is 2. The number of benzene rings is 2. The predicted octanol–water partition coefficient (Wildman–Crippen LogP) is 4.07. The molecular formula is C21H21F3N4O3S. The third-order valence-electron chi connectivity index (χ3n) is 4.79. The van der Waals surface area contributed by atoms with Crippen LogP contribution in [0.3, 0.4) is 0 Å². The van der Waals surface area contributed by atoms with Gasteiger partial charge in [0.05, 0.1) is 10.4 Å². The summed E-state index contributed by atoms with van der Waals surface area (Å²) in [6.07, 6.45) is -4.08. The zero-order chi connectivity index (χ0) is 23.7. The molecule has 3 aromatic rings. The van der Waals surface area contributed by atoms with Gasteiger partial charge in [0.1, 0.15) is 6.54 Å². The number of carbonyl (C=O) groups excluding carboxylic acids is 1. The van der Waals surface area contributed by atoms with Crippen molar-refractivity contribution in [2.24, 2.45) is 0 Å². The summed E-state index contributed by atoms with van der Waals surface area (Å²) in [6, 6.07) is 10.5. The van der Waals surface area contributed by atoms with Crippen molar-refractivity contribution >= 4 is 34.4 Å². The lowest BCUT2D eigenvalue weighted by Gasteiger charge is -2.23. The van der Waals surface area contributed by atoms with Crippen molar-refractivity contribution in [3.8, 4) is 5.69 Å². The van der Waals surface area contributed by atoms with Crippen LogP contribution in [0.15, 0.2) is 41.6 Å². The lowest BCUT2D eigenvalue weighted by Crippen LogP contribution is -2.42. The van der Waals surface area contributed by atoms with Gasteiger partial charge in [-0.05, 0) is 37.3 Å². The van der Waals surface area contributed by atoms with Crippen LogP contribution in [0, 0.1) is 0 Å². The predicted molar refractivity (Wildman–Crippen MR) is 114 cm³/mol. The molecule has 3 rings (SSSR count). The summed E-state index contributed by atoms with van der Waals surface area (Å²) in [5, 5.41) is 19.4. The van der Waals surface area contributed by atoms with E-state index in [-0.39, 0.29) is 10.8 Å². The number of aryl methyl sites for hydroxylation is 1. The summed E-state index contributed by atoms with van der Waals surface area (Å²) in [6.45, 7) is 4.30. The SMILES string of the molecule is CCc1ccc(-n2c(SC(C)(C)C(=O)NCC(=O)O)nnc2C(F)(F)F)c2ccccc12. The quantitative estimate of drug-likeness (QED) is 0.510. The minimum Gasteiger partial charge on any atom is -0.480 e. The monoisotopic (exact) mass is 466 g/mol. The number of carboxylic acids is 1. The maximum atomic E-state index is 13.8. The molecule has 170 valence electrons. The van der Waals surface area contributed by atoms with Crippen molar-refractivity contribution in [3.63, 3.8) is 0 Å². The van der Waals surface area contributed by atoms with Gasteiger partial charge in [-0.1, -0.05) is 49.0 Å². The minimum absolute atomic E-state index is 0.137. The van der Waals surface area contributed by atoms with E-state index < -0.39 is 35.2 Å². The van der Waals surface area contributed by atoms with E-state index in [1.807, 2.05) is 19.1 Å². The fourth-order valence-electron chi connectivity index (χ4n) is 3.23. The van der Waals surface area contributed by atoms with E-state index in [1.54, 1.807) is 24.3 Å². The first-order valence-electron chi connectivity index (χ1n) is 9.68. The summed E-state index contributed by atoms with van der Waals surface area (Å²) < 4.78 is 41.0. The number of carbonyl (C=O) groups is 2. The molecule has 32 heavy (non-hydrogen) atoms. The molecule has 0 spiro atoms. The fraction of sp³-hybridized carbons (Fsp3) is 0.333. The topological polar surface area (TPSA) is 97.1 Å². The first kappa shape index (κ1) is 23.6. The van der Waals surface area contributed by atoms with Crippen molar-refractivity contribution in [2.45, 2.75) is 43.3 Å². The molecule has 0 aliphatic heterocycles. The molecule has 0 saturated carbocycles. The highest BCUT2D eigenvalue weighted by molar-refractivity contribution is 8.01. The van der Waals surface area contributed by atoms with Crippen molar-refractivity contribution in [1.82, 2.24) is 20.1 Å². The molecule has 0 fully saturated rings. The average Bonchev–Trinajstić information content (AvgIpc) is 3.14. The Hall–Kier alpha value is -3.08. The van der Waals surface area contributed by atoms with Crippen LogP contribution in [0.1, 0.15) is 32.2 Å². The van der Waals surface area contributed by atoms with E-state index in [2.05, 4.69) is 15.5 Å². The molecule has 1 aromatic heterocycles.